The molecule has 1 saturated carbocycles. The minimum absolute atomic E-state index is 0.0757. The molecule has 0 unspecified atom stereocenters. The number of ether oxygens (including phenoxy) is 6. The quantitative estimate of drug-likeness (QED) is 0.0789. The van der Waals surface area contributed by atoms with Crippen molar-refractivity contribution in [3.8, 4) is 28.7 Å². The van der Waals surface area contributed by atoms with Gasteiger partial charge >= 0.3 is 0 Å². The second kappa shape index (κ2) is 21.8. The van der Waals surface area contributed by atoms with Gasteiger partial charge in [-0.1, -0.05) is 41.9 Å². The number of hydrogen-bond acceptors (Lipinski definition) is 11. The van der Waals surface area contributed by atoms with E-state index in [9.17, 15) is 4.79 Å². The minimum Gasteiger partial charge on any atom is -0.497 e. The molecule has 3 atom stereocenters. The van der Waals surface area contributed by atoms with Crippen LogP contribution in [0.4, 0.5) is 5.69 Å². The highest BCUT2D eigenvalue weighted by molar-refractivity contribution is 7.89. The van der Waals surface area contributed by atoms with E-state index in [4.69, 9.17) is 40.0 Å². The van der Waals surface area contributed by atoms with Gasteiger partial charge in [0.25, 0.3) is 0 Å². The smallest absolute Gasteiger partial charge is 0.243 e. The van der Waals surface area contributed by atoms with Gasteiger partial charge in [-0.05, 0) is 145 Å². The van der Waals surface area contributed by atoms with Crippen LogP contribution in [0.15, 0.2) is 108 Å². The molecule has 12 nitrogen and oxygen atoms in total. The van der Waals surface area contributed by atoms with Gasteiger partial charge in [0.15, 0.2) is 0 Å². The molecule has 2 aliphatic carbocycles. The molecule has 366 valence electrons. The summed E-state index contributed by atoms with van der Waals surface area (Å²) in [5, 5.41) is 0.722. The van der Waals surface area contributed by atoms with Crippen LogP contribution in [0.5, 0.6) is 28.7 Å². The average molecular weight is 979 g/mol. The Hall–Kier alpha value is -5.31. The normalized spacial score (nSPS) is 20.3. The number of anilines is 1. The monoisotopic (exact) mass is 977 g/mol. The van der Waals surface area contributed by atoms with Crippen LogP contribution in [0.3, 0.4) is 0 Å². The molecule has 0 radical (unpaired) electrons. The highest BCUT2D eigenvalue weighted by Gasteiger charge is 2.44. The van der Waals surface area contributed by atoms with Gasteiger partial charge in [-0.2, -0.15) is 4.31 Å². The number of morpholine rings is 1. The van der Waals surface area contributed by atoms with Crippen molar-refractivity contribution < 1.29 is 41.6 Å². The van der Waals surface area contributed by atoms with Gasteiger partial charge in [0, 0.05) is 68.7 Å². The van der Waals surface area contributed by atoms with Crippen LogP contribution in [0.1, 0.15) is 60.4 Å². The van der Waals surface area contributed by atoms with E-state index in [2.05, 4.69) is 21.9 Å². The summed E-state index contributed by atoms with van der Waals surface area (Å²) in [5.41, 5.74) is 5.45. The number of carbonyl (C=O) groups is 1. The highest BCUT2D eigenvalue weighted by Crippen LogP contribution is 2.47. The molecular formula is C55H64ClN3O9S. The summed E-state index contributed by atoms with van der Waals surface area (Å²) < 4.78 is 67.7. The molecule has 5 aromatic rings. The van der Waals surface area contributed by atoms with Crippen molar-refractivity contribution in [3.05, 3.63) is 136 Å². The number of ketones is 1. The van der Waals surface area contributed by atoms with Crippen molar-refractivity contribution in [3.63, 3.8) is 0 Å². The van der Waals surface area contributed by atoms with Crippen molar-refractivity contribution in [2.24, 2.45) is 11.8 Å². The Kier molecular flexibility index (Phi) is 15.4. The molecule has 2 heterocycles. The van der Waals surface area contributed by atoms with Gasteiger partial charge in [-0.3, -0.25) is 9.69 Å². The zero-order chi connectivity index (χ0) is 48.0. The lowest BCUT2D eigenvalue weighted by molar-refractivity contribution is -0.116. The van der Waals surface area contributed by atoms with Gasteiger partial charge < -0.3 is 33.3 Å². The summed E-state index contributed by atoms with van der Waals surface area (Å²) in [6, 6.07) is 32.4. The Morgan fingerprint density at radius 1 is 0.797 bits per heavy atom. The number of methoxy groups -OCH3 is 2. The summed E-state index contributed by atoms with van der Waals surface area (Å²) in [6.07, 6.45) is 5.18. The number of halogens is 1. The Labute approximate surface area is 412 Å². The summed E-state index contributed by atoms with van der Waals surface area (Å²) in [4.78, 5) is 17.2. The summed E-state index contributed by atoms with van der Waals surface area (Å²) in [7, 11) is -0.838. The summed E-state index contributed by atoms with van der Waals surface area (Å²) in [6.45, 7) is 8.79. The molecule has 0 amide bonds. The van der Waals surface area contributed by atoms with E-state index in [1.807, 2.05) is 84.9 Å². The van der Waals surface area contributed by atoms with Crippen LogP contribution in [0.25, 0.3) is 0 Å². The number of Topliss-reactive ketones (excluding diaryl/α,β-unsaturated/α-hetero) is 1. The third kappa shape index (κ3) is 11.7. The first-order chi connectivity index (χ1) is 33.5. The molecule has 2 aliphatic heterocycles. The minimum atomic E-state index is -4.07. The van der Waals surface area contributed by atoms with E-state index in [1.165, 1.54) is 15.4 Å². The summed E-state index contributed by atoms with van der Waals surface area (Å²) in [5.74, 6) is 4.05. The fraction of sp³-hybridized carbons (Fsp3) is 0.436. The van der Waals surface area contributed by atoms with Crippen molar-refractivity contribution in [1.82, 2.24) is 9.21 Å². The number of rotatable bonds is 19. The Balaban J connectivity index is 0.992. The molecule has 0 aromatic heterocycles. The molecule has 1 spiro atoms. The Bertz CT molecular complexity index is 2630. The lowest BCUT2D eigenvalue weighted by Crippen LogP contribution is -2.49. The lowest BCUT2D eigenvalue weighted by atomic mass is 9.69. The third-order valence-electron chi connectivity index (χ3n) is 14.3. The molecular weight excluding hydrogens is 914 g/mol. The van der Waals surface area contributed by atoms with E-state index in [0.29, 0.717) is 68.1 Å². The molecule has 5 aromatic carbocycles. The Morgan fingerprint density at radius 2 is 1.48 bits per heavy atom. The largest absolute Gasteiger partial charge is 0.497 e. The first kappa shape index (κ1) is 48.7. The van der Waals surface area contributed by atoms with Gasteiger partial charge in [0.1, 0.15) is 41.1 Å². The van der Waals surface area contributed by atoms with Crippen LogP contribution < -0.4 is 28.6 Å². The maximum absolute atomic E-state index is 15.1. The number of nitrogens with zero attached hydrogens (tertiary/aromatic N) is 3. The number of sulfonamides is 1. The molecule has 69 heavy (non-hydrogen) atoms. The second-order valence-corrected chi connectivity index (χ2v) is 21.5. The standard InChI is InChI=1S/C55H64ClN3O9S/c1-39(60)27-42-28-49(66-26-23-57-21-24-65-25-22-57)31-50(29-42)67-36-45-11-10-44(45)35-58-37-55(20-4-5-43-30-46(56)12-18-52(43)55)38-68-54-19-17-51(32-53(54)58)69(61,62)59(33-40-6-13-47(63-2)14-7-40)34-41-8-15-48(64-3)16-9-41/h6-9,12-19,28-32,44-45H,4-5,10-11,20-27,33-38H2,1-3H3/t44-,45-,55-/m0/s1. The fourth-order valence-corrected chi connectivity index (χ4v) is 12.0. The van der Waals surface area contributed by atoms with E-state index < -0.39 is 10.0 Å². The number of benzene rings is 5. The number of fused-ring (bicyclic) bond motifs is 3. The van der Waals surface area contributed by atoms with Crippen LogP contribution in [0, 0.1) is 11.8 Å². The van der Waals surface area contributed by atoms with Crippen molar-refractivity contribution in [1.29, 1.82) is 0 Å². The number of aryl methyl sites for hydroxylation is 1. The second-order valence-electron chi connectivity index (χ2n) is 19.1. The van der Waals surface area contributed by atoms with Gasteiger partial charge in [0.2, 0.25) is 10.0 Å². The van der Waals surface area contributed by atoms with Crippen LogP contribution >= 0.6 is 11.6 Å². The maximum atomic E-state index is 15.1. The molecule has 9 rings (SSSR count). The third-order valence-corrected chi connectivity index (χ3v) is 16.4. The van der Waals surface area contributed by atoms with Crippen LogP contribution in [-0.4, -0.2) is 103 Å². The molecule has 1 saturated heterocycles. The summed E-state index contributed by atoms with van der Waals surface area (Å²) >= 11 is 6.58. The highest BCUT2D eigenvalue weighted by atomic mass is 35.5. The molecule has 0 bridgehead atoms. The maximum Gasteiger partial charge on any atom is 0.243 e. The first-order valence-electron chi connectivity index (χ1n) is 24.2. The fourth-order valence-electron chi connectivity index (χ4n) is 10.4. The van der Waals surface area contributed by atoms with Crippen molar-refractivity contribution in [2.75, 3.05) is 84.9 Å². The first-order valence-corrected chi connectivity index (χ1v) is 26.0. The van der Waals surface area contributed by atoms with Crippen molar-refractivity contribution in [2.45, 2.75) is 68.8 Å². The lowest BCUT2D eigenvalue weighted by Gasteiger charge is -2.44. The Morgan fingerprint density at radius 3 is 2.13 bits per heavy atom. The SMILES string of the molecule is COc1ccc(CN(Cc2ccc(OC)cc2)S(=O)(=O)c2ccc3c(c2)N(C[C@@H]2CC[C@H]2COc2cc(CC(C)=O)cc(OCCN4CCOCC4)c2)C[C@@]2(CCCc4cc(Cl)ccc42)CO3)cc1. The topological polar surface area (TPSA) is 116 Å². The predicted octanol–water partition coefficient (Wildman–Crippen LogP) is 9.17. The van der Waals surface area contributed by atoms with E-state index >= 15 is 8.42 Å². The van der Waals surface area contributed by atoms with E-state index in [-0.39, 0.29) is 41.0 Å². The number of carbonyl (C=O) groups excluding carboxylic acids is 1. The van der Waals surface area contributed by atoms with Gasteiger partial charge in [0.05, 0.1) is 51.2 Å². The molecule has 4 aliphatic rings. The average Bonchev–Trinajstić information content (AvgIpc) is 3.49. The van der Waals surface area contributed by atoms with Crippen LogP contribution in [-0.2, 0) is 50.9 Å². The molecule has 14 heteroatoms. The number of hydrogen-bond donors (Lipinski definition) is 0. The molecule has 0 N–H and O–H groups in total. The zero-order valence-electron chi connectivity index (χ0n) is 40.0. The zero-order valence-corrected chi connectivity index (χ0v) is 41.6. The van der Waals surface area contributed by atoms with Crippen LogP contribution in [0.2, 0.25) is 5.02 Å². The predicted molar refractivity (Wildman–Crippen MR) is 268 cm³/mol. The van der Waals surface area contributed by atoms with Gasteiger partial charge in [-0.25, -0.2) is 8.42 Å². The van der Waals surface area contributed by atoms with Gasteiger partial charge in [-0.15, -0.1) is 0 Å². The molecule has 2 fully saturated rings. The van der Waals surface area contributed by atoms with E-state index in [1.54, 1.807) is 27.2 Å². The van der Waals surface area contributed by atoms with Crippen molar-refractivity contribution >= 4 is 33.1 Å². The van der Waals surface area contributed by atoms with E-state index in [0.717, 1.165) is 92.4 Å².